The van der Waals surface area contributed by atoms with Crippen LogP contribution in [0.15, 0.2) is 42.5 Å². The number of hydrogen-bond donors (Lipinski definition) is 1. The van der Waals surface area contributed by atoms with E-state index in [1.165, 1.54) is 29.5 Å². The van der Waals surface area contributed by atoms with Gasteiger partial charge in [-0.2, -0.15) is 0 Å². The minimum absolute atomic E-state index is 0.0420. The van der Waals surface area contributed by atoms with Crippen molar-refractivity contribution in [3.8, 4) is 0 Å². The predicted octanol–water partition coefficient (Wildman–Crippen LogP) is 4.31. The van der Waals surface area contributed by atoms with Gasteiger partial charge in [0.05, 0.1) is 5.75 Å². The Bertz CT molecular complexity index is 642. The first-order chi connectivity index (χ1) is 10.0. The van der Waals surface area contributed by atoms with E-state index >= 15 is 0 Å². The van der Waals surface area contributed by atoms with Crippen molar-refractivity contribution in [2.75, 3.05) is 11.1 Å². The third-order valence-electron chi connectivity index (χ3n) is 3.18. The molecule has 0 spiro atoms. The number of anilines is 1. The maximum atomic E-state index is 13.0. The monoisotopic (exact) mass is 303 g/mol. The largest absolute Gasteiger partial charge is 0.325 e. The van der Waals surface area contributed by atoms with Crippen LogP contribution < -0.4 is 5.32 Å². The molecule has 110 valence electrons. The number of carbonyl (C=O) groups is 1. The van der Waals surface area contributed by atoms with E-state index in [1.807, 2.05) is 38.1 Å². The quantitative estimate of drug-likeness (QED) is 0.891. The Morgan fingerprint density at radius 1 is 1.14 bits per heavy atom. The van der Waals surface area contributed by atoms with E-state index in [2.05, 4.69) is 5.32 Å². The van der Waals surface area contributed by atoms with Crippen LogP contribution in [0.3, 0.4) is 0 Å². The molecular weight excluding hydrogens is 285 g/mol. The van der Waals surface area contributed by atoms with Gasteiger partial charge in [0.15, 0.2) is 0 Å². The summed E-state index contributed by atoms with van der Waals surface area (Å²) >= 11 is 1.47. The minimum atomic E-state index is -0.243. The summed E-state index contributed by atoms with van der Waals surface area (Å²) in [5, 5.41) is 2.87. The van der Waals surface area contributed by atoms with Crippen molar-refractivity contribution in [1.82, 2.24) is 0 Å². The highest BCUT2D eigenvalue weighted by Gasteiger charge is 2.04. The van der Waals surface area contributed by atoms with Crippen LogP contribution in [0.5, 0.6) is 0 Å². The van der Waals surface area contributed by atoms with E-state index in [4.69, 9.17) is 0 Å². The molecule has 0 aliphatic rings. The molecule has 2 nitrogen and oxygen atoms in total. The van der Waals surface area contributed by atoms with Crippen LogP contribution in [-0.2, 0) is 10.5 Å². The summed E-state index contributed by atoms with van der Waals surface area (Å²) in [6.45, 7) is 4.06. The zero-order valence-corrected chi connectivity index (χ0v) is 13.0. The maximum Gasteiger partial charge on any atom is 0.234 e. The number of nitrogens with one attached hydrogen (secondary N) is 1. The van der Waals surface area contributed by atoms with Crippen molar-refractivity contribution in [3.05, 3.63) is 65.0 Å². The van der Waals surface area contributed by atoms with E-state index in [1.54, 1.807) is 6.07 Å². The predicted molar refractivity (Wildman–Crippen MR) is 87.1 cm³/mol. The number of hydrogen-bond acceptors (Lipinski definition) is 2. The summed E-state index contributed by atoms with van der Waals surface area (Å²) in [5.41, 5.74) is 4.06. The zero-order chi connectivity index (χ0) is 15.2. The lowest BCUT2D eigenvalue weighted by Gasteiger charge is -2.07. The molecule has 0 atom stereocenters. The lowest BCUT2D eigenvalue weighted by Crippen LogP contribution is -2.14. The summed E-state index contributed by atoms with van der Waals surface area (Å²) in [5.74, 6) is 0.689. The summed E-state index contributed by atoms with van der Waals surface area (Å²) in [6.07, 6.45) is 0. The highest BCUT2D eigenvalue weighted by molar-refractivity contribution is 7.99. The Balaban J connectivity index is 1.81. The molecule has 0 unspecified atom stereocenters. The first-order valence-corrected chi connectivity index (χ1v) is 7.89. The second kappa shape index (κ2) is 7.27. The van der Waals surface area contributed by atoms with Gasteiger partial charge in [0, 0.05) is 11.4 Å². The van der Waals surface area contributed by atoms with Crippen LogP contribution in [0.25, 0.3) is 0 Å². The van der Waals surface area contributed by atoms with E-state index in [0.717, 1.165) is 16.8 Å². The van der Waals surface area contributed by atoms with Crippen LogP contribution in [0.1, 0.15) is 16.7 Å². The SMILES string of the molecule is Cc1ccc(NC(=O)CSCc2cccc(F)c2)cc1C. The van der Waals surface area contributed by atoms with Gasteiger partial charge < -0.3 is 5.32 Å². The van der Waals surface area contributed by atoms with Crippen molar-refractivity contribution >= 4 is 23.4 Å². The number of rotatable bonds is 5. The number of benzene rings is 2. The van der Waals surface area contributed by atoms with E-state index < -0.39 is 0 Å². The zero-order valence-electron chi connectivity index (χ0n) is 12.2. The van der Waals surface area contributed by atoms with Crippen LogP contribution in [0, 0.1) is 19.7 Å². The van der Waals surface area contributed by atoms with Gasteiger partial charge in [-0.25, -0.2) is 4.39 Å². The van der Waals surface area contributed by atoms with Gasteiger partial charge >= 0.3 is 0 Å². The normalized spacial score (nSPS) is 10.4. The number of halogens is 1. The first kappa shape index (κ1) is 15.6. The molecule has 1 N–H and O–H groups in total. The van der Waals surface area contributed by atoms with Crippen molar-refractivity contribution in [3.63, 3.8) is 0 Å². The van der Waals surface area contributed by atoms with E-state index in [0.29, 0.717) is 11.5 Å². The lowest BCUT2D eigenvalue weighted by atomic mass is 10.1. The second-order valence-electron chi connectivity index (χ2n) is 4.97. The smallest absolute Gasteiger partial charge is 0.234 e. The molecule has 2 aromatic carbocycles. The van der Waals surface area contributed by atoms with Crippen LogP contribution in [0.4, 0.5) is 10.1 Å². The Hall–Kier alpha value is -1.81. The van der Waals surface area contributed by atoms with Gasteiger partial charge in [-0.3, -0.25) is 4.79 Å². The van der Waals surface area contributed by atoms with E-state index in [-0.39, 0.29) is 11.7 Å². The molecule has 0 bridgehead atoms. The first-order valence-electron chi connectivity index (χ1n) is 6.74. The third-order valence-corrected chi connectivity index (χ3v) is 4.19. The van der Waals surface area contributed by atoms with E-state index in [9.17, 15) is 9.18 Å². The molecule has 1 amide bonds. The van der Waals surface area contributed by atoms with Crippen molar-refractivity contribution in [2.24, 2.45) is 0 Å². The number of carbonyl (C=O) groups excluding carboxylic acids is 1. The lowest BCUT2D eigenvalue weighted by molar-refractivity contribution is -0.113. The molecule has 0 fully saturated rings. The fourth-order valence-corrected chi connectivity index (χ4v) is 2.68. The van der Waals surface area contributed by atoms with Gasteiger partial charge in [0.2, 0.25) is 5.91 Å². The van der Waals surface area contributed by atoms with Crippen LogP contribution in [0.2, 0.25) is 0 Å². The standard InChI is InChI=1S/C17H18FNOS/c1-12-6-7-16(8-13(12)2)19-17(20)11-21-10-14-4-3-5-15(18)9-14/h3-9H,10-11H2,1-2H3,(H,19,20). The summed E-state index contributed by atoms with van der Waals surface area (Å²) in [6, 6.07) is 12.3. The number of thioether (sulfide) groups is 1. The molecule has 0 saturated carbocycles. The van der Waals surface area contributed by atoms with Crippen LogP contribution >= 0.6 is 11.8 Å². The minimum Gasteiger partial charge on any atom is -0.325 e. The molecule has 4 heteroatoms. The highest BCUT2D eigenvalue weighted by atomic mass is 32.2. The van der Waals surface area contributed by atoms with Crippen molar-refractivity contribution < 1.29 is 9.18 Å². The molecule has 0 aromatic heterocycles. The van der Waals surface area contributed by atoms with Gasteiger partial charge in [0.25, 0.3) is 0 Å². The second-order valence-corrected chi connectivity index (χ2v) is 5.96. The Morgan fingerprint density at radius 3 is 2.67 bits per heavy atom. The summed E-state index contributed by atoms with van der Waals surface area (Å²) in [7, 11) is 0. The molecule has 2 aromatic rings. The average molecular weight is 303 g/mol. The third kappa shape index (κ3) is 4.90. The van der Waals surface area contributed by atoms with Crippen LogP contribution in [-0.4, -0.2) is 11.7 Å². The molecule has 0 aliphatic heterocycles. The summed E-state index contributed by atoms with van der Waals surface area (Å²) < 4.78 is 13.0. The molecule has 21 heavy (non-hydrogen) atoms. The van der Waals surface area contributed by atoms with Gasteiger partial charge in [-0.15, -0.1) is 11.8 Å². The summed E-state index contributed by atoms with van der Waals surface area (Å²) in [4.78, 5) is 11.9. The molecule has 0 aliphatic carbocycles. The Morgan fingerprint density at radius 2 is 1.95 bits per heavy atom. The molecule has 0 radical (unpaired) electrons. The fraction of sp³-hybridized carbons (Fsp3) is 0.235. The van der Waals surface area contributed by atoms with Gasteiger partial charge in [-0.05, 0) is 54.8 Å². The Kier molecular flexibility index (Phi) is 5.39. The molecule has 0 heterocycles. The van der Waals surface area contributed by atoms with Gasteiger partial charge in [-0.1, -0.05) is 18.2 Å². The molecule has 2 rings (SSSR count). The van der Waals surface area contributed by atoms with Crippen molar-refractivity contribution in [1.29, 1.82) is 0 Å². The van der Waals surface area contributed by atoms with Gasteiger partial charge in [0.1, 0.15) is 5.82 Å². The molecule has 0 saturated heterocycles. The average Bonchev–Trinajstić information content (AvgIpc) is 2.43. The van der Waals surface area contributed by atoms with Crippen molar-refractivity contribution in [2.45, 2.75) is 19.6 Å². The maximum absolute atomic E-state index is 13.0. The fourth-order valence-electron chi connectivity index (χ4n) is 1.90. The molecular formula is C17H18FNOS. The Labute approximate surface area is 128 Å². The highest BCUT2D eigenvalue weighted by Crippen LogP contribution is 2.16. The number of aryl methyl sites for hydroxylation is 2. The topological polar surface area (TPSA) is 29.1 Å². The number of amides is 1.